The van der Waals surface area contributed by atoms with E-state index in [2.05, 4.69) is 22.1 Å². The van der Waals surface area contributed by atoms with Crippen LogP contribution in [0.5, 0.6) is 11.5 Å². The summed E-state index contributed by atoms with van der Waals surface area (Å²) in [6.45, 7) is 3.66. The maximum Gasteiger partial charge on any atom is 0.188 e. The van der Waals surface area contributed by atoms with Crippen molar-refractivity contribution in [3.8, 4) is 11.5 Å². The molecule has 1 aromatic rings. The predicted molar refractivity (Wildman–Crippen MR) is 120 cm³/mol. The highest BCUT2D eigenvalue weighted by Crippen LogP contribution is 2.31. The van der Waals surface area contributed by atoms with Gasteiger partial charge < -0.3 is 25.4 Å². The van der Waals surface area contributed by atoms with Crippen LogP contribution in [0.3, 0.4) is 0 Å². The molecule has 1 rings (SSSR count). The Hall–Kier alpha value is -1.22. The van der Waals surface area contributed by atoms with E-state index in [1.165, 1.54) is 19.3 Å². The molecule has 1 aromatic carbocycles. The zero-order valence-corrected chi connectivity index (χ0v) is 19.1. The number of unbranched alkanes of at least 4 members (excludes halogenated alkanes) is 3. The van der Waals surface area contributed by atoms with Gasteiger partial charge in [-0.15, -0.1) is 24.0 Å². The number of methoxy groups -OCH3 is 2. The van der Waals surface area contributed by atoms with Crippen LogP contribution in [0.1, 0.15) is 44.2 Å². The van der Waals surface area contributed by atoms with Gasteiger partial charge in [0.1, 0.15) is 0 Å². The minimum absolute atomic E-state index is 0. The number of halogens is 1. The fraction of sp³-hybridized carbons (Fsp3) is 0.632. The average Bonchev–Trinajstić information content (AvgIpc) is 2.61. The molecule has 0 amide bonds. The molecule has 26 heavy (non-hydrogen) atoms. The largest absolute Gasteiger partial charge is 0.493 e. The third-order valence-corrected chi connectivity index (χ3v) is 4.19. The highest BCUT2D eigenvalue weighted by atomic mass is 127. The first-order valence-electron chi connectivity index (χ1n) is 8.95. The van der Waals surface area contributed by atoms with E-state index in [0.717, 1.165) is 30.0 Å². The van der Waals surface area contributed by atoms with Crippen molar-refractivity contribution in [3.05, 3.63) is 23.8 Å². The minimum Gasteiger partial charge on any atom is -0.493 e. The Morgan fingerprint density at radius 3 is 2.42 bits per heavy atom. The summed E-state index contributed by atoms with van der Waals surface area (Å²) in [6, 6.07) is 6.06. The number of benzene rings is 1. The second-order valence-corrected chi connectivity index (χ2v) is 6.31. The predicted octanol–water partition coefficient (Wildman–Crippen LogP) is 3.41. The third kappa shape index (κ3) is 8.44. The minimum atomic E-state index is 0. The molecule has 0 fully saturated rings. The Bertz CT molecular complexity index is 538. The molecule has 0 radical (unpaired) electrons. The van der Waals surface area contributed by atoms with E-state index in [1.54, 1.807) is 14.2 Å². The van der Waals surface area contributed by atoms with Crippen molar-refractivity contribution in [2.24, 2.45) is 10.7 Å². The first-order chi connectivity index (χ1) is 12.0. The third-order valence-electron chi connectivity index (χ3n) is 4.19. The number of nitrogens with zero attached hydrogens (tertiary/aromatic N) is 2. The van der Waals surface area contributed by atoms with Crippen LogP contribution in [0.15, 0.2) is 23.2 Å². The van der Waals surface area contributed by atoms with Crippen molar-refractivity contribution in [1.29, 1.82) is 0 Å². The van der Waals surface area contributed by atoms with Crippen LogP contribution in [0, 0.1) is 0 Å². The van der Waals surface area contributed by atoms with E-state index in [0.29, 0.717) is 12.5 Å². The number of nitrogens with one attached hydrogen (secondary N) is 1. The summed E-state index contributed by atoms with van der Waals surface area (Å²) in [6.07, 6.45) is 4.85. The molecule has 0 heterocycles. The summed E-state index contributed by atoms with van der Waals surface area (Å²) in [4.78, 5) is 6.63. The Morgan fingerprint density at radius 2 is 1.85 bits per heavy atom. The van der Waals surface area contributed by atoms with E-state index < -0.39 is 0 Å². The zero-order chi connectivity index (χ0) is 18.7. The highest BCUT2D eigenvalue weighted by molar-refractivity contribution is 14.0. The standard InChI is InChI=1S/C19H34N4O2.HI/c1-6-7-8-9-12-21-19(20)22-14-16(23(2)3)15-10-11-17(24-4)18(13-15)25-5;/h10-11,13,16H,6-9,12,14H2,1-5H3,(H3,20,21,22);1H. The van der Waals surface area contributed by atoms with Gasteiger partial charge in [0.25, 0.3) is 0 Å². The van der Waals surface area contributed by atoms with Gasteiger partial charge in [-0.1, -0.05) is 32.3 Å². The van der Waals surface area contributed by atoms with E-state index in [9.17, 15) is 0 Å². The van der Waals surface area contributed by atoms with Crippen LogP contribution in [-0.4, -0.2) is 52.3 Å². The molecule has 0 saturated carbocycles. The molecule has 0 saturated heterocycles. The van der Waals surface area contributed by atoms with E-state index in [1.807, 2.05) is 32.3 Å². The van der Waals surface area contributed by atoms with E-state index in [-0.39, 0.29) is 30.0 Å². The Kier molecular flexibility index (Phi) is 13.3. The molecule has 7 heteroatoms. The van der Waals surface area contributed by atoms with Gasteiger partial charge in [-0.25, -0.2) is 0 Å². The lowest BCUT2D eigenvalue weighted by Gasteiger charge is -2.24. The van der Waals surface area contributed by atoms with Gasteiger partial charge >= 0.3 is 0 Å². The van der Waals surface area contributed by atoms with Gasteiger partial charge in [-0.3, -0.25) is 4.99 Å². The molecule has 3 N–H and O–H groups in total. The fourth-order valence-corrected chi connectivity index (χ4v) is 2.64. The van der Waals surface area contributed by atoms with Gasteiger partial charge in [0.05, 0.1) is 26.8 Å². The first-order valence-corrected chi connectivity index (χ1v) is 8.95. The van der Waals surface area contributed by atoms with E-state index >= 15 is 0 Å². The van der Waals surface area contributed by atoms with Crippen molar-refractivity contribution in [2.75, 3.05) is 41.4 Å². The zero-order valence-electron chi connectivity index (χ0n) is 16.7. The smallest absolute Gasteiger partial charge is 0.188 e. The lowest BCUT2D eigenvalue weighted by Crippen LogP contribution is -2.33. The highest BCUT2D eigenvalue weighted by Gasteiger charge is 2.16. The monoisotopic (exact) mass is 478 g/mol. The lowest BCUT2D eigenvalue weighted by atomic mass is 10.1. The number of nitrogens with two attached hydrogens (primary N) is 1. The van der Waals surface area contributed by atoms with Crippen LogP contribution in [0.25, 0.3) is 0 Å². The van der Waals surface area contributed by atoms with Crippen LogP contribution in [-0.2, 0) is 0 Å². The molecular formula is C19H35IN4O2. The molecule has 150 valence electrons. The topological polar surface area (TPSA) is 72.1 Å². The SMILES string of the molecule is CCCCCCNC(N)=NCC(c1ccc(OC)c(OC)c1)N(C)C.I. The average molecular weight is 478 g/mol. The molecule has 0 spiro atoms. The number of hydrogen-bond acceptors (Lipinski definition) is 4. The number of rotatable bonds is 11. The molecule has 1 unspecified atom stereocenters. The normalized spacial score (nSPS) is 12.5. The maximum atomic E-state index is 5.99. The summed E-state index contributed by atoms with van der Waals surface area (Å²) in [5.74, 6) is 1.95. The Balaban J connectivity index is 0.00000625. The van der Waals surface area contributed by atoms with Crippen LogP contribution in [0.4, 0.5) is 0 Å². The first kappa shape index (κ1) is 24.8. The van der Waals surface area contributed by atoms with Gasteiger partial charge in [0.15, 0.2) is 17.5 Å². The van der Waals surface area contributed by atoms with Gasteiger partial charge in [-0.05, 0) is 38.2 Å². The fourth-order valence-electron chi connectivity index (χ4n) is 2.64. The molecule has 6 nitrogen and oxygen atoms in total. The number of ether oxygens (including phenoxy) is 2. The lowest BCUT2D eigenvalue weighted by molar-refractivity contribution is 0.303. The van der Waals surface area contributed by atoms with E-state index in [4.69, 9.17) is 15.2 Å². The Labute approximate surface area is 175 Å². The van der Waals surface area contributed by atoms with Crippen molar-refractivity contribution < 1.29 is 9.47 Å². The van der Waals surface area contributed by atoms with Crippen LogP contribution >= 0.6 is 24.0 Å². The Morgan fingerprint density at radius 1 is 1.15 bits per heavy atom. The van der Waals surface area contributed by atoms with Gasteiger partial charge in [0, 0.05) is 6.54 Å². The summed E-state index contributed by atoms with van der Waals surface area (Å²) in [7, 11) is 7.35. The number of likely N-dealkylation sites (N-methyl/N-ethyl adjacent to an activating group) is 1. The quantitative estimate of drug-likeness (QED) is 0.221. The number of aliphatic imine (C=N–C) groups is 1. The van der Waals surface area contributed by atoms with Gasteiger partial charge in [0.2, 0.25) is 0 Å². The van der Waals surface area contributed by atoms with Crippen molar-refractivity contribution in [3.63, 3.8) is 0 Å². The summed E-state index contributed by atoms with van der Waals surface area (Å²) < 4.78 is 10.7. The van der Waals surface area contributed by atoms with Gasteiger partial charge in [-0.2, -0.15) is 0 Å². The van der Waals surface area contributed by atoms with Crippen LogP contribution < -0.4 is 20.5 Å². The second kappa shape index (κ2) is 13.9. The summed E-state index contributed by atoms with van der Waals surface area (Å²) in [5, 5.41) is 3.19. The molecule has 0 aliphatic carbocycles. The number of guanidine groups is 1. The molecule has 0 aliphatic rings. The number of hydrogen-bond donors (Lipinski definition) is 2. The molecule has 0 aliphatic heterocycles. The summed E-state index contributed by atoms with van der Waals surface area (Å²) >= 11 is 0. The summed E-state index contributed by atoms with van der Waals surface area (Å²) in [5.41, 5.74) is 7.11. The van der Waals surface area contributed by atoms with Crippen LogP contribution in [0.2, 0.25) is 0 Å². The van der Waals surface area contributed by atoms with Crippen molar-refractivity contribution in [2.45, 2.75) is 38.6 Å². The van der Waals surface area contributed by atoms with Crippen molar-refractivity contribution in [1.82, 2.24) is 10.2 Å². The van der Waals surface area contributed by atoms with Crippen molar-refractivity contribution >= 4 is 29.9 Å². The molecule has 1 atom stereocenters. The molecule has 0 bridgehead atoms. The molecular weight excluding hydrogens is 443 g/mol. The molecule has 0 aromatic heterocycles. The second-order valence-electron chi connectivity index (χ2n) is 6.31. The maximum absolute atomic E-state index is 5.99.